The second-order valence-electron chi connectivity index (χ2n) is 5.00. The highest BCUT2D eigenvalue weighted by Gasteiger charge is 2.08. The minimum Gasteiger partial charge on any atom is -0.355 e. The van der Waals surface area contributed by atoms with Crippen LogP contribution in [-0.4, -0.2) is 23.6 Å². The van der Waals surface area contributed by atoms with Crippen molar-refractivity contribution in [1.29, 1.82) is 0 Å². The number of rotatable bonds is 5. The number of anilines is 2. The van der Waals surface area contributed by atoms with Crippen molar-refractivity contribution in [3.63, 3.8) is 0 Å². The Labute approximate surface area is 120 Å². The van der Waals surface area contributed by atoms with E-state index in [2.05, 4.69) is 58.4 Å². The Morgan fingerprint density at radius 2 is 1.90 bits per heavy atom. The van der Waals surface area contributed by atoms with Crippen molar-refractivity contribution in [2.24, 2.45) is 0 Å². The second-order valence-corrected chi connectivity index (χ2v) is 5.00. The average molecular weight is 270 g/mol. The standard InChI is InChI=1S/C16H22N4/c1-5-17-16-18-13(3)10-15(19-16)20(4)11-14-9-7-6-8-12(14)2/h6-10H,5,11H2,1-4H3,(H,17,18,19). The molecule has 20 heavy (non-hydrogen) atoms. The van der Waals surface area contributed by atoms with E-state index in [4.69, 9.17) is 0 Å². The molecule has 0 fully saturated rings. The Balaban J connectivity index is 2.20. The van der Waals surface area contributed by atoms with Gasteiger partial charge in [0.25, 0.3) is 0 Å². The molecule has 1 N–H and O–H groups in total. The lowest BCUT2D eigenvalue weighted by atomic mass is 10.1. The van der Waals surface area contributed by atoms with E-state index in [1.165, 1.54) is 11.1 Å². The molecule has 0 saturated carbocycles. The maximum Gasteiger partial charge on any atom is 0.224 e. The number of nitrogens with one attached hydrogen (secondary N) is 1. The molecular formula is C16H22N4. The molecule has 106 valence electrons. The average Bonchev–Trinajstić information content (AvgIpc) is 2.41. The van der Waals surface area contributed by atoms with Crippen LogP contribution in [0, 0.1) is 13.8 Å². The fraction of sp³-hybridized carbons (Fsp3) is 0.375. The third-order valence-electron chi connectivity index (χ3n) is 3.24. The molecule has 0 aliphatic heterocycles. The first-order valence-corrected chi connectivity index (χ1v) is 6.95. The summed E-state index contributed by atoms with van der Waals surface area (Å²) in [6.07, 6.45) is 0. The molecule has 0 spiro atoms. The molecule has 2 rings (SSSR count). The van der Waals surface area contributed by atoms with Crippen molar-refractivity contribution in [3.8, 4) is 0 Å². The molecular weight excluding hydrogens is 248 g/mol. The maximum absolute atomic E-state index is 4.55. The van der Waals surface area contributed by atoms with Crippen LogP contribution in [-0.2, 0) is 6.54 Å². The zero-order valence-electron chi connectivity index (χ0n) is 12.6. The zero-order valence-corrected chi connectivity index (χ0v) is 12.6. The monoisotopic (exact) mass is 270 g/mol. The van der Waals surface area contributed by atoms with Gasteiger partial charge in [-0.3, -0.25) is 0 Å². The van der Waals surface area contributed by atoms with Crippen molar-refractivity contribution >= 4 is 11.8 Å². The molecule has 0 radical (unpaired) electrons. The van der Waals surface area contributed by atoms with Gasteiger partial charge in [0.2, 0.25) is 5.95 Å². The van der Waals surface area contributed by atoms with Crippen molar-refractivity contribution in [3.05, 3.63) is 47.2 Å². The molecule has 0 amide bonds. The second kappa shape index (κ2) is 6.37. The lowest BCUT2D eigenvalue weighted by molar-refractivity contribution is 0.879. The molecule has 0 unspecified atom stereocenters. The van der Waals surface area contributed by atoms with E-state index in [1.54, 1.807) is 0 Å². The van der Waals surface area contributed by atoms with Crippen LogP contribution >= 0.6 is 0 Å². The number of nitrogens with zero attached hydrogens (tertiary/aromatic N) is 3. The smallest absolute Gasteiger partial charge is 0.224 e. The van der Waals surface area contributed by atoms with Crippen molar-refractivity contribution in [2.45, 2.75) is 27.3 Å². The van der Waals surface area contributed by atoms with E-state index < -0.39 is 0 Å². The summed E-state index contributed by atoms with van der Waals surface area (Å²) in [4.78, 5) is 11.1. The van der Waals surface area contributed by atoms with Gasteiger partial charge in [0.05, 0.1) is 0 Å². The van der Waals surface area contributed by atoms with Gasteiger partial charge in [-0.1, -0.05) is 24.3 Å². The fourth-order valence-corrected chi connectivity index (χ4v) is 2.11. The summed E-state index contributed by atoms with van der Waals surface area (Å²) in [6, 6.07) is 10.4. The molecule has 4 heteroatoms. The highest BCUT2D eigenvalue weighted by Crippen LogP contribution is 2.17. The lowest BCUT2D eigenvalue weighted by Crippen LogP contribution is -2.19. The van der Waals surface area contributed by atoms with E-state index >= 15 is 0 Å². The number of hydrogen-bond donors (Lipinski definition) is 1. The van der Waals surface area contributed by atoms with Gasteiger partial charge in [-0.15, -0.1) is 0 Å². The normalized spacial score (nSPS) is 10.4. The van der Waals surface area contributed by atoms with E-state index in [9.17, 15) is 0 Å². The third kappa shape index (κ3) is 3.47. The summed E-state index contributed by atoms with van der Waals surface area (Å²) in [5, 5.41) is 3.17. The quantitative estimate of drug-likeness (QED) is 0.906. The minimum absolute atomic E-state index is 0.694. The summed E-state index contributed by atoms with van der Waals surface area (Å²) >= 11 is 0. The van der Waals surface area contributed by atoms with Crippen LogP contribution in [0.1, 0.15) is 23.7 Å². The van der Waals surface area contributed by atoms with Gasteiger partial charge in [0.1, 0.15) is 5.82 Å². The highest BCUT2D eigenvalue weighted by atomic mass is 15.2. The van der Waals surface area contributed by atoms with Crippen LogP contribution in [0.25, 0.3) is 0 Å². The summed E-state index contributed by atoms with van der Waals surface area (Å²) in [5.74, 6) is 1.64. The van der Waals surface area contributed by atoms with Gasteiger partial charge in [-0.05, 0) is 31.9 Å². The van der Waals surface area contributed by atoms with Crippen LogP contribution in [0.5, 0.6) is 0 Å². The van der Waals surface area contributed by atoms with Crippen molar-refractivity contribution in [2.75, 3.05) is 23.8 Å². The molecule has 1 aromatic carbocycles. The Kier molecular flexibility index (Phi) is 4.56. The summed E-state index contributed by atoms with van der Waals surface area (Å²) < 4.78 is 0. The van der Waals surface area contributed by atoms with Gasteiger partial charge in [0.15, 0.2) is 0 Å². The number of aryl methyl sites for hydroxylation is 2. The Morgan fingerprint density at radius 1 is 1.15 bits per heavy atom. The zero-order chi connectivity index (χ0) is 14.5. The van der Waals surface area contributed by atoms with Gasteiger partial charge in [-0.2, -0.15) is 4.98 Å². The topological polar surface area (TPSA) is 41.1 Å². The van der Waals surface area contributed by atoms with Crippen molar-refractivity contribution < 1.29 is 0 Å². The Hall–Kier alpha value is -2.10. The van der Waals surface area contributed by atoms with E-state index in [-0.39, 0.29) is 0 Å². The minimum atomic E-state index is 0.694. The van der Waals surface area contributed by atoms with E-state index in [0.717, 1.165) is 24.6 Å². The van der Waals surface area contributed by atoms with E-state index in [0.29, 0.717) is 5.95 Å². The largest absolute Gasteiger partial charge is 0.355 e. The van der Waals surface area contributed by atoms with Crippen LogP contribution in [0.2, 0.25) is 0 Å². The first-order valence-electron chi connectivity index (χ1n) is 6.95. The molecule has 0 saturated heterocycles. The van der Waals surface area contributed by atoms with Gasteiger partial charge < -0.3 is 10.2 Å². The lowest BCUT2D eigenvalue weighted by Gasteiger charge is -2.20. The van der Waals surface area contributed by atoms with Crippen molar-refractivity contribution in [1.82, 2.24) is 9.97 Å². The predicted molar refractivity (Wildman–Crippen MR) is 84.2 cm³/mol. The molecule has 0 aliphatic rings. The number of benzene rings is 1. The van der Waals surface area contributed by atoms with Crippen LogP contribution in [0.3, 0.4) is 0 Å². The van der Waals surface area contributed by atoms with Crippen LogP contribution in [0.4, 0.5) is 11.8 Å². The highest BCUT2D eigenvalue weighted by molar-refractivity contribution is 5.45. The Morgan fingerprint density at radius 3 is 2.60 bits per heavy atom. The first-order chi connectivity index (χ1) is 9.60. The van der Waals surface area contributed by atoms with Gasteiger partial charge >= 0.3 is 0 Å². The van der Waals surface area contributed by atoms with Crippen LogP contribution in [0.15, 0.2) is 30.3 Å². The molecule has 1 aromatic heterocycles. The third-order valence-corrected chi connectivity index (χ3v) is 3.24. The van der Waals surface area contributed by atoms with Gasteiger partial charge in [0, 0.05) is 31.9 Å². The Bertz CT molecular complexity index is 580. The maximum atomic E-state index is 4.55. The molecule has 0 bridgehead atoms. The van der Waals surface area contributed by atoms with E-state index in [1.807, 2.05) is 19.9 Å². The molecule has 1 heterocycles. The first kappa shape index (κ1) is 14.3. The SMILES string of the molecule is CCNc1nc(C)cc(N(C)Cc2ccccc2C)n1. The molecule has 0 aliphatic carbocycles. The molecule has 4 nitrogen and oxygen atoms in total. The number of aromatic nitrogens is 2. The number of hydrogen-bond acceptors (Lipinski definition) is 4. The molecule has 2 aromatic rings. The van der Waals surface area contributed by atoms with Gasteiger partial charge in [-0.25, -0.2) is 4.98 Å². The summed E-state index contributed by atoms with van der Waals surface area (Å²) in [7, 11) is 2.06. The molecule has 0 atom stereocenters. The summed E-state index contributed by atoms with van der Waals surface area (Å²) in [5.41, 5.74) is 3.59. The summed E-state index contributed by atoms with van der Waals surface area (Å²) in [6.45, 7) is 7.84. The fourth-order valence-electron chi connectivity index (χ4n) is 2.11. The predicted octanol–water partition coefficient (Wildman–Crippen LogP) is 3.16. The van der Waals surface area contributed by atoms with Crippen LogP contribution < -0.4 is 10.2 Å².